The van der Waals surface area contributed by atoms with Crippen molar-refractivity contribution in [1.82, 2.24) is 10.2 Å². The molecule has 0 spiro atoms. The fourth-order valence-electron chi connectivity index (χ4n) is 3.05. The fraction of sp³-hybridized carbons (Fsp3) is 0.526. The third-order valence-electron chi connectivity index (χ3n) is 4.54. The molecular weight excluding hydrogens is 445 g/mol. The van der Waals surface area contributed by atoms with Crippen molar-refractivity contribution in [3.05, 3.63) is 27.8 Å². The molecule has 1 atom stereocenters. The van der Waals surface area contributed by atoms with Crippen LogP contribution in [-0.4, -0.2) is 34.8 Å². The number of carbonyl (C=O) groups excluding carboxylic acids is 3. The van der Waals surface area contributed by atoms with Crippen molar-refractivity contribution in [2.75, 3.05) is 11.9 Å². The summed E-state index contributed by atoms with van der Waals surface area (Å²) in [6.07, 6.45) is 6.00. The molecule has 1 heterocycles. The number of carbonyl (C=O) groups is 3. The predicted octanol–water partition coefficient (Wildman–Crippen LogP) is 3.90. The van der Waals surface area contributed by atoms with E-state index in [1.807, 2.05) is 18.2 Å². The highest BCUT2D eigenvalue weighted by Crippen LogP contribution is 2.24. The van der Waals surface area contributed by atoms with Crippen LogP contribution in [0.4, 0.5) is 10.5 Å². The number of benzene rings is 1. The van der Waals surface area contributed by atoms with E-state index >= 15 is 0 Å². The largest absolute Gasteiger partial charge is 0.325 e. The van der Waals surface area contributed by atoms with Crippen LogP contribution >= 0.6 is 22.6 Å². The molecule has 142 valence electrons. The van der Waals surface area contributed by atoms with E-state index in [9.17, 15) is 14.4 Å². The maximum absolute atomic E-state index is 12.7. The molecule has 26 heavy (non-hydrogen) atoms. The van der Waals surface area contributed by atoms with Crippen molar-refractivity contribution in [3.8, 4) is 0 Å². The summed E-state index contributed by atoms with van der Waals surface area (Å²) < 4.78 is 0.992. The average Bonchev–Trinajstić information content (AvgIpc) is 2.78. The van der Waals surface area contributed by atoms with Crippen molar-refractivity contribution in [2.24, 2.45) is 0 Å². The maximum Gasteiger partial charge on any atom is 0.325 e. The van der Waals surface area contributed by atoms with Crippen molar-refractivity contribution in [1.29, 1.82) is 0 Å². The number of imide groups is 1. The second kappa shape index (κ2) is 9.34. The smallest absolute Gasteiger partial charge is 0.324 e. The Morgan fingerprint density at radius 3 is 2.65 bits per heavy atom. The molecule has 0 radical (unpaired) electrons. The molecule has 1 fully saturated rings. The highest BCUT2D eigenvalue weighted by atomic mass is 127. The van der Waals surface area contributed by atoms with Crippen molar-refractivity contribution in [3.63, 3.8) is 0 Å². The molecule has 1 aliphatic rings. The van der Waals surface area contributed by atoms with E-state index in [1.165, 1.54) is 6.42 Å². The Hall–Kier alpha value is -1.64. The van der Waals surface area contributed by atoms with E-state index in [0.717, 1.165) is 34.2 Å². The quantitative estimate of drug-likeness (QED) is 0.326. The van der Waals surface area contributed by atoms with Gasteiger partial charge in [-0.05, 0) is 54.1 Å². The van der Waals surface area contributed by atoms with Gasteiger partial charge in [-0.3, -0.25) is 14.5 Å². The molecule has 1 unspecified atom stereocenters. The normalized spacial score (nSPS) is 19.6. The van der Waals surface area contributed by atoms with Crippen LogP contribution in [0.25, 0.3) is 0 Å². The molecule has 1 aliphatic heterocycles. The molecule has 2 rings (SSSR count). The van der Waals surface area contributed by atoms with Crippen molar-refractivity contribution < 1.29 is 14.4 Å². The van der Waals surface area contributed by atoms with Crippen LogP contribution in [0.3, 0.4) is 0 Å². The van der Waals surface area contributed by atoms with Gasteiger partial charge in [0.1, 0.15) is 12.1 Å². The number of urea groups is 1. The van der Waals surface area contributed by atoms with Crippen LogP contribution in [0.5, 0.6) is 0 Å². The predicted molar refractivity (Wildman–Crippen MR) is 110 cm³/mol. The molecule has 1 aromatic rings. The van der Waals surface area contributed by atoms with Crippen LogP contribution < -0.4 is 10.6 Å². The Morgan fingerprint density at radius 2 is 1.96 bits per heavy atom. The third-order valence-corrected chi connectivity index (χ3v) is 5.21. The lowest BCUT2D eigenvalue weighted by molar-refractivity contribution is -0.133. The van der Waals surface area contributed by atoms with Crippen LogP contribution in [0.15, 0.2) is 24.3 Å². The Kier molecular flexibility index (Phi) is 7.43. The molecule has 7 heteroatoms. The Morgan fingerprint density at radius 1 is 1.23 bits per heavy atom. The fourth-order valence-corrected chi connectivity index (χ4v) is 3.60. The van der Waals surface area contributed by atoms with Gasteiger partial charge in [0.15, 0.2) is 0 Å². The lowest BCUT2D eigenvalue weighted by Crippen LogP contribution is -2.44. The SMILES string of the molecule is CCCCCCCC1(C)NC(=O)N(CC(=O)Nc2cccc(I)c2)C1=O. The minimum Gasteiger partial charge on any atom is -0.324 e. The average molecular weight is 471 g/mol. The number of hydrogen-bond donors (Lipinski definition) is 2. The van der Waals surface area contributed by atoms with E-state index in [1.54, 1.807) is 13.0 Å². The molecular formula is C19H26IN3O3. The lowest BCUT2D eigenvalue weighted by Gasteiger charge is -2.21. The van der Waals surface area contributed by atoms with E-state index in [2.05, 4.69) is 40.1 Å². The highest BCUT2D eigenvalue weighted by Gasteiger charge is 2.47. The van der Waals surface area contributed by atoms with E-state index in [-0.39, 0.29) is 18.4 Å². The van der Waals surface area contributed by atoms with Gasteiger partial charge >= 0.3 is 6.03 Å². The number of anilines is 1. The second-order valence-corrected chi connectivity index (χ2v) is 8.12. The molecule has 1 aromatic carbocycles. The number of amides is 4. The molecule has 0 aliphatic carbocycles. The summed E-state index contributed by atoms with van der Waals surface area (Å²) in [5.74, 6) is -0.710. The van der Waals surface area contributed by atoms with Crippen molar-refractivity contribution >= 4 is 46.1 Å². The molecule has 0 bridgehead atoms. The van der Waals surface area contributed by atoms with E-state index in [4.69, 9.17) is 0 Å². The summed E-state index contributed by atoms with van der Waals surface area (Å²) in [4.78, 5) is 38.1. The van der Waals surface area contributed by atoms with Gasteiger partial charge in [-0.25, -0.2) is 4.79 Å². The monoisotopic (exact) mass is 471 g/mol. The second-order valence-electron chi connectivity index (χ2n) is 6.88. The molecule has 2 N–H and O–H groups in total. The van der Waals surface area contributed by atoms with E-state index in [0.29, 0.717) is 12.1 Å². The summed E-state index contributed by atoms with van der Waals surface area (Å²) in [6, 6.07) is 6.85. The molecule has 0 aromatic heterocycles. The Balaban J connectivity index is 1.90. The first-order valence-electron chi connectivity index (χ1n) is 9.05. The van der Waals surface area contributed by atoms with Crippen LogP contribution in [0, 0.1) is 3.57 Å². The van der Waals surface area contributed by atoms with Gasteiger partial charge in [0.25, 0.3) is 5.91 Å². The van der Waals surface area contributed by atoms with Gasteiger partial charge in [0.2, 0.25) is 5.91 Å². The van der Waals surface area contributed by atoms with Gasteiger partial charge in [-0.15, -0.1) is 0 Å². The Bertz CT molecular complexity index is 680. The third kappa shape index (κ3) is 5.43. The summed E-state index contributed by atoms with van der Waals surface area (Å²) in [5.41, 5.74) is -0.265. The summed E-state index contributed by atoms with van der Waals surface area (Å²) in [5, 5.41) is 5.48. The van der Waals surface area contributed by atoms with Gasteiger partial charge in [-0.2, -0.15) is 0 Å². The molecule has 0 saturated carbocycles. The molecule has 4 amide bonds. The summed E-state index contributed by atoms with van der Waals surface area (Å²) in [7, 11) is 0. The topological polar surface area (TPSA) is 78.5 Å². The highest BCUT2D eigenvalue weighted by molar-refractivity contribution is 14.1. The van der Waals surface area contributed by atoms with Gasteiger partial charge < -0.3 is 10.6 Å². The summed E-state index contributed by atoms with van der Waals surface area (Å²) in [6.45, 7) is 3.62. The van der Waals surface area contributed by atoms with E-state index < -0.39 is 11.6 Å². The van der Waals surface area contributed by atoms with Gasteiger partial charge in [-0.1, -0.05) is 45.1 Å². The van der Waals surface area contributed by atoms with Crippen molar-refractivity contribution in [2.45, 2.75) is 57.9 Å². The summed E-state index contributed by atoms with van der Waals surface area (Å²) >= 11 is 2.15. The first-order valence-corrected chi connectivity index (χ1v) is 10.1. The number of nitrogens with zero attached hydrogens (tertiary/aromatic N) is 1. The maximum atomic E-state index is 12.7. The number of unbranched alkanes of at least 4 members (excludes halogenated alkanes) is 4. The first kappa shape index (κ1) is 20.7. The number of nitrogens with one attached hydrogen (secondary N) is 2. The minimum absolute atomic E-state index is 0.276. The van der Waals surface area contributed by atoms with Crippen LogP contribution in [-0.2, 0) is 9.59 Å². The van der Waals surface area contributed by atoms with Gasteiger partial charge in [0.05, 0.1) is 0 Å². The number of rotatable bonds is 9. The lowest BCUT2D eigenvalue weighted by atomic mass is 9.94. The zero-order valence-corrected chi connectivity index (χ0v) is 17.5. The minimum atomic E-state index is -0.911. The number of halogens is 1. The van der Waals surface area contributed by atoms with Crippen LogP contribution in [0.1, 0.15) is 52.4 Å². The standard InChI is InChI=1S/C19H26IN3O3/c1-3-4-5-6-7-11-19(2)17(25)23(18(26)22-19)13-16(24)21-15-10-8-9-14(20)12-15/h8-10,12H,3-7,11,13H2,1-2H3,(H,21,24)(H,22,26). The first-order chi connectivity index (χ1) is 12.4. The zero-order chi connectivity index (χ0) is 19.2. The molecule has 1 saturated heterocycles. The molecule has 6 nitrogen and oxygen atoms in total. The van der Waals surface area contributed by atoms with Gasteiger partial charge in [0, 0.05) is 9.26 Å². The number of hydrogen-bond acceptors (Lipinski definition) is 3. The Labute approximate surface area is 168 Å². The zero-order valence-electron chi connectivity index (χ0n) is 15.3. The van der Waals surface area contributed by atoms with Crippen LogP contribution in [0.2, 0.25) is 0 Å².